The van der Waals surface area contributed by atoms with E-state index in [-0.39, 0.29) is 11.7 Å². The van der Waals surface area contributed by atoms with Crippen molar-refractivity contribution < 1.29 is 9.59 Å². The molecule has 194 valence electrons. The van der Waals surface area contributed by atoms with Gasteiger partial charge in [-0.05, 0) is 72.7 Å². The number of rotatable bonds is 8. The van der Waals surface area contributed by atoms with E-state index < -0.39 is 6.04 Å². The summed E-state index contributed by atoms with van der Waals surface area (Å²) < 4.78 is 0. The zero-order chi connectivity index (χ0) is 26.5. The Kier molecular flexibility index (Phi) is 8.87. The number of nitrogens with zero attached hydrogens (tertiary/aromatic N) is 1. The van der Waals surface area contributed by atoms with Crippen LogP contribution in [0, 0.1) is 19.8 Å². The fourth-order valence-corrected chi connectivity index (χ4v) is 5.54. The molecule has 1 fully saturated rings. The van der Waals surface area contributed by atoms with E-state index in [1.165, 1.54) is 24.8 Å². The molecule has 1 amide bonds. The number of carbonyl (C=O) groups is 2. The molecule has 1 atom stereocenters. The molecule has 0 heterocycles. The maximum absolute atomic E-state index is 14.4. The van der Waals surface area contributed by atoms with Gasteiger partial charge in [-0.15, -0.1) is 0 Å². The van der Waals surface area contributed by atoms with Crippen molar-refractivity contribution in [2.45, 2.75) is 78.2 Å². The maximum atomic E-state index is 14.4. The van der Waals surface area contributed by atoms with E-state index >= 15 is 0 Å². The highest BCUT2D eigenvalue weighted by Crippen LogP contribution is 2.36. The highest BCUT2D eigenvalue weighted by atomic mass is 35.5. The molecule has 3 aromatic rings. The normalized spacial score (nSPS) is 15.0. The molecule has 1 saturated carbocycles. The highest BCUT2D eigenvalue weighted by Gasteiger charge is 2.35. The summed E-state index contributed by atoms with van der Waals surface area (Å²) in [5.41, 5.74) is 5.25. The third-order valence-corrected chi connectivity index (χ3v) is 7.90. The monoisotopic (exact) mass is 515 g/mol. The molecular weight excluding hydrogens is 478 g/mol. The number of hydrogen-bond donors (Lipinski definition) is 0. The molecule has 1 aliphatic carbocycles. The number of amides is 1. The molecule has 0 radical (unpaired) electrons. The molecule has 4 rings (SSSR count). The van der Waals surface area contributed by atoms with Gasteiger partial charge in [-0.2, -0.15) is 0 Å². The van der Waals surface area contributed by atoms with Crippen molar-refractivity contribution in [2.75, 3.05) is 4.90 Å². The van der Waals surface area contributed by atoms with Crippen molar-refractivity contribution >= 4 is 29.0 Å². The van der Waals surface area contributed by atoms with Gasteiger partial charge in [-0.25, -0.2) is 0 Å². The quantitative estimate of drug-likeness (QED) is 0.300. The summed E-state index contributed by atoms with van der Waals surface area (Å²) in [4.78, 5) is 30.2. The van der Waals surface area contributed by atoms with Crippen molar-refractivity contribution in [3.05, 3.63) is 99.6 Å². The lowest BCUT2D eigenvalue weighted by atomic mass is 9.83. The molecule has 0 saturated heterocycles. The van der Waals surface area contributed by atoms with Gasteiger partial charge in [0.25, 0.3) is 5.91 Å². The van der Waals surface area contributed by atoms with Crippen LogP contribution < -0.4 is 4.90 Å². The van der Waals surface area contributed by atoms with Crippen molar-refractivity contribution in [2.24, 2.45) is 5.92 Å². The minimum atomic E-state index is -0.725. The Hall–Kier alpha value is -2.91. The number of halogens is 1. The average Bonchev–Trinajstić information content (AvgIpc) is 2.89. The van der Waals surface area contributed by atoms with Crippen LogP contribution in [-0.4, -0.2) is 11.7 Å². The third kappa shape index (κ3) is 6.51. The van der Waals surface area contributed by atoms with Gasteiger partial charge in [-0.3, -0.25) is 14.5 Å². The zero-order valence-corrected chi connectivity index (χ0v) is 23.2. The van der Waals surface area contributed by atoms with Gasteiger partial charge in [0.05, 0.1) is 0 Å². The second-order valence-electron chi connectivity index (χ2n) is 10.9. The van der Waals surface area contributed by atoms with Gasteiger partial charge >= 0.3 is 0 Å². The standard InChI is InChI=1S/C33H38ClNO2/c1-22(2)26-14-18-29(19-15-26)35(33(37)30-20-23(3)10-11-24(30)4)32(27-12-16-28(34)17-13-27)31(36)21-25-8-6-5-7-9-25/h10-20,22,25,32H,5-9,21H2,1-4H3. The number of Topliss-reactive ketones (excluding diaryl/α,β-unsaturated/α-hetero) is 1. The number of anilines is 1. The molecule has 0 spiro atoms. The van der Waals surface area contributed by atoms with E-state index in [0.717, 1.165) is 35.2 Å². The molecule has 1 unspecified atom stereocenters. The lowest BCUT2D eigenvalue weighted by Gasteiger charge is -2.33. The van der Waals surface area contributed by atoms with Crippen LogP contribution in [-0.2, 0) is 4.79 Å². The van der Waals surface area contributed by atoms with Crippen LogP contribution >= 0.6 is 11.6 Å². The van der Waals surface area contributed by atoms with Crippen molar-refractivity contribution in [3.8, 4) is 0 Å². The minimum absolute atomic E-state index is 0.0841. The molecule has 3 aromatic carbocycles. The summed E-state index contributed by atoms with van der Waals surface area (Å²) in [6, 6.07) is 20.7. The smallest absolute Gasteiger partial charge is 0.259 e. The first-order valence-corrected chi connectivity index (χ1v) is 13.9. The number of carbonyl (C=O) groups excluding carboxylic acids is 2. The van der Waals surface area contributed by atoms with Gasteiger partial charge in [-0.1, -0.05) is 99.5 Å². The van der Waals surface area contributed by atoms with Crippen molar-refractivity contribution in [3.63, 3.8) is 0 Å². The first kappa shape index (κ1) is 27.1. The molecule has 3 nitrogen and oxygen atoms in total. The first-order valence-electron chi connectivity index (χ1n) is 13.5. The van der Waals surface area contributed by atoms with E-state index in [4.69, 9.17) is 11.6 Å². The number of ketones is 1. The highest BCUT2D eigenvalue weighted by molar-refractivity contribution is 6.30. The molecule has 1 aliphatic rings. The fraction of sp³-hybridized carbons (Fsp3) is 0.394. The largest absolute Gasteiger partial charge is 0.297 e. The molecule has 0 aromatic heterocycles. The summed E-state index contributed by atoms with van der Waals surface area (Å²) in [5.74, 6) is 0.672. The lowest BCUT2D eigenvalue weighted by molar-refractivity contribution is -0.121. The van der Waals surface area contributed by atoms with Crippen LogP contribution in [0.1, 0.15) is 96.9 Å². The maximum Gasteiger partial charge on any atom is 0.259 e. The van der Waals surface area contributed by atoms with Gasteiger partial charge in [0, 0.05) is 22.7 Å². The SMILES string of the molecule is Cc1ccc(C)c(C(=O)N(c2ccc(C(C)C)cc2)C(C(=O)CC2CCCCC2)c2ccc(Cl)cc2)c1. The Morgan fingerprint density at radius 3 is 2.11 bits per heavy atom. The van der Waals surface area contributed by atoms with Crippen LogP contribution in [0.15, 0.2) is 66.7 Å². The Labute approximate surface area is 226 Å². The van der Waals surface area contributed by atoms with Crippen molar-refractivity contribution in [1.29, 1.82) is 0 Å². The summed E-state index contributed by atoms with van der Waals surface area (Å²) in [7, 11) is 0. The second-order valence-corrected chi connectivity index (χ2v) is 11.3. The van der Waals surface area contributed by atoms with Gasteiger partial charge in [0.15, 0.2) is 5.78 Å². The second kappa shape index (κ2) is 12.1. The topological polar surface area (TPSA) is 37.4 Å². The zero-order valence-electron chi connectivity index (χ0n) is 22.5. The van der Waals surface area contributed by atoms with Crippen LogP contribution in [0.3, 0.4) is 0 Å². The Morgan fingerprint density at radius 1 is 0.865 bits per heavy atom. The lowest BCUT2D eigenvalue weighted by Crippen LogP contribution is -2.40. The van der Waals surface area contributed by atoms with E-state index in [1.54, 1.807) is 17.0 Å². The summed E-state index contributed by atoms with van der Waals surface area (Å²) in [5, 5.41) is 0.607. The minimum Gasteiger partial charge on any atom is -0.297 e. The number of hydrogen-bond acceptors (Lipinski definition) is 2. The summed E-state index contributed by atoms with van der Waals surface area (Å²) in [6.07, 6.45) is 6.22. The number of aryl methyl sites for hydroxylation is 2. The Balaban J connectivity index is 1.84. The van der Waals surface area contributed by atoms with Gasteiger partial charge in [0.2, 0.25) is 0 Å². The summed E-state index contributed by atoms with van der Waals surface area (Å²) in [6.45, 7) is 8.24. The Bertz CT molecular complexity index is 1220. The van der Waals surface area contributed by atoms with Crippen LogP contribution in [0.2, 0.25) is 5.02 Å². The molecule has 0 aliphatic heterocycles. The van der Waals surface area contributed by atoms with Crippen molar-refractivity contribution in [1.82, 2.24) is 0 Å². The molecule has 0 N–H and O–H groups in total. The van der Waals surface area contributed by atoms with Gasteiger partial charge in [0.1, 0.15) is 6.04 Å². The first-order chi connectivity index (χ1) is 17.7. The fourth-order valence-electron chi connectivity index (χ4n) is 5.41. The number of benzene rings is 3. The molecular formula is C33H38ClNO2. The predicted octanol–water partition coefficient (Wildman–Crippen LogP) is 9.01. The van der Waals surface area contributed by atoms with Gasteiger partial charge < -0.3 is 0 Å². The predicted molar refractivity (Wildman–Crippen MR) is 154 cm³/mol. The van der Waals surface area contributed by atoms with E-state index in [0.29, 0.717) is 28.8 Å². The molecule has 37 heavy (non-hydrogen) atoms. The van der Waals surface area contributed by atoms with Crippen LogP contribution in [0.4, 0.5) is 5.69 Å². The van der Waals surface area contributed by atoms with E-state index in [1.807, 2.05) is 56.3 Å². The molecule has 4 heteroatoms. The van der Waals surface area contributed by atoms with E-state index in [9.17, 15) is 9.59 Å². The van der Waals surface area contributed by atoms with Crippen LogP contribution in [0.25, 0.3) is 0 Å². The van der Waals surface area contributed by atoms with E-state index in [2.05, 4.69) is 26.0 Å². The molecule has 0 bridgehead atoms. The van der Waals surface area contributed by atoms with Crippen LogP contribution in [0.5, 0.6) is 0 Å². The summed E-state index contributed by atoms with van der Waals surface area (Å²) >= 11 is 6.23. The Morgan fingerprint density at radius 2 is 1.49 bits per heavy atom. The average molecular weight is 516 g/mol. The third-order valence-electron chi connectivity index (χ3n) is 7.64.